The van der Waals surface area contributed by atoms with Gasteiger partial charge in [0.15, 0.2) is 5.76 Å². The van der Waals surface area contributed by atoms with Crippen LogP contribution in [-0.2, 0) is 14.3 Å². The number of amides is 1. The van der Waals surface area contributed by atoms with Crippen LogP contribution in [0, 0.1) is 5.92 Å². The first-order valence-electron chi connectivity index (χ1n) is 11.4. The van der Waals surface area contributed by atoms with Crippen LogP contribution in [0.3, 0.4) is 0 Å². The molecule has 34 heavy (non-hydrogen) atoms. The Kier molecular flexibility index (Phi) is 7.15. The van der Waals surface area contributed by atoms with E-state index in [1.807, 2.05) is 0 Å². The molecule has 1 unspecified atom stereocenters. The van der Waals surface area contributed by atoms with E-state index < -0.39 is 18.0 Å². The molecule has 10 nitrogen and oxygen atoms in total. The Labute approximate surface area is 196 Å². The zero-order chi connectivity index (χ0) is 24.1. The highest BCUT2D eigenvalue weighted by Gasteiger charge is 2.28. The number of hydrogen-bond acceptors (Lipinski definition) is 7. The SMILES string of the molecule is COC(=O)CNc1c(-c2ccco2)nc2cc(C(=O)NC(CC(=O)O)C3CCCCC3)ccn12. The van der Waals surface area contributed by atoms with Crippen molar-refractivity contribution in [2.75, 3.05) is 19.0 Å². The summed E-state index contributed by atoms with van der Waals surface area (Å²) in [7, 11) is 1.31. The van der Waals surface area contributed by atoms with Crippen molar-refractivity contribution in [1.29, 1.82) is 0 Å². The number of imidazole rings is 1. The Balaban J connectivity index is 1.61. The zero-order valence-electron chi connectivity index (χ0n) is 19.0. The Morgan fingerprint density at radius 3 is 2.74 bits per heavy atom. The number of esters is 1. The first-order chi connectivity index (χ1) is 16.5. The topological polar surface area (TPSA) is 135 Å². The molecule has 0 radical (unpaired) electrons. The van der Waals surface area contributed by atoms with E-state index in [-0.39, 0.29) is 24.8 Å². The number of aliphatic carboxylic acids is 1. The highest BCUT2D eigenvalue weighted by Crippen LogP contribution is 2.30. The maximum Gasteiger partial charge on any atom is 0.325 e. The van der Waals surface area contributed by atoms with Crippen molar-refractivity contribution in [3.05, 3.63) is 42.3 Å². The normalized spacial score (nSPS) is 15.1. The van der Waals surface area contributed by atoms with Crippen molar-refractivity contribution in [3.63, 3.8) is 0 Å². The average molecular weight is 469 g/mol. The molecule has 3 heterocycles. The van der Waals surface area contributed by atoms with Gasteiger partial charge in [0.25, 0.3) is 5.91 Å². The molecule has 1 aliphatic carbocycles. The number of carbonyl (C=O) groups is 3. The van der Waals surface area contributed by atoms with Gasteiger partial charge in [-0.15, -0.1) is 0 Å². The van der Waals surface area contributed by atoms with Gasteiger partial charge in [0.1, 0.15) is 23.7 Å². The number of methoxy groups -OCH3 is 1. The molecular formula is C24H28N4O6. The molecule has 0 aliphatic heterocycles. The highest BCUT2D eigenvalue weighted by atomic mass is 16.5. The van der Waals surface area contributed by atoms with Gasteiger partial charge in [-0.25, -0.2) is 4.98 Å². The molecule has 3 aromatic rings. The third-order valence-corrected chi connectivity index (χ3v) is 6.20. The maximum absolute atomic E-state index is 13.1. The summed E-state index contributed by atoms with van der Waals surface area (Å²) in [5, 5.41) is 15.3. The molecule has 4 rings (SSSR count). The number of furan rings is 1. The van der Waals surface area contributed by atoms with Crippen LogP contribution < -0.4 is 10.6 Å². The van der Waals surface area contributed by atoms with Gasteiger partial charge in [0.2, 0.25) is 0 Å². The van der Waals surface area contributed by atoms with Crippen LogP contribution >= 0.6 is 0 Å². The molecule has 0 bridgehead atoms. The summed E-state index contributed by atoms with van der Waals surface area (Å²) in [6.07, 6.45) is 8.17. The second-order valence-corrected chi connectivity index (χ2v) is 8.44. The van der Waals surface area contributed by atoms with E-state index in [4.69, 9.17) is 9.15 Å². The summed E-state index contributed by atoms with van der Waals surface area (Å²) in [6, 6.07) is 6.33. The van der Waals surface area contributed by atoms with Crippen LogP contribution in [0.5, 0.6) is 0 Å². The fourth-order valence-electron chi connectivity index (χ4n) is 4.48. The van der Waals surface area contributed by atoms with Crippen molar-refractivity contribution >= 4 is 29.3 Å². The van der Waals surface area contributed by atoms with Crippen LogP contribution in [0.1, 0.15) is 48.9 Å². The average Bonchev–Trinajstić information content (AvgIpc) is 3.49. The lowest BCUT2D eigenvalue weighted by Crippen LogP contribution is -2.42. The van der Waals surface area contributed by atoms with Gasteiger partial charge < -0.3 is 24.9 Å². The summed E-state index contributed by atoms with van der Waals surface area (Å²) >= 11 is 0. The van der Waals surface area contributed by atoms with E-state index in [0.29, 0.717) is 28.5 Å². The molecule has 0 aromatic carbocycles. The number of pyridine rings is 1. The minimum Gasteiger partial charge on any atom is -0.481 e. The Morgan fingerprint density at radius 1 is 1.26 bits per heavy atom. The Bertz CT molecular complexity index is 1160. The fourth-order valence-corrected chi connectivity index (χ4v) is 4.48. The van der Waals surface area contributed by atoms with Crippen LogP contribution in [-0.4, -0.2) is 52.0 Å². The fraction of sp³-hybridized carbons (Fsp3) is 0.417. The van der Waals surface area contributed by atoms with E-state index in [0.717, 1.165) is 32.1 Å². The van der Waals surface area contributed by atoms with Crippen molar-refractivity contribution in [3.8, 4) is 11.5 Å². The first-order valence-corrected chi connectivity index (χ1v) is 11.4. The second-order valence-electron chi connectivity index (χ2n) is 8.44. The molecule has 3 aromatic heterocycles. The largest absolute Gasteiger partial charge is 0.481 e. The molecule has 180 valence electrons. The molecule has 3 N–H and O–H groups in total. The number of rotatable bonds is 9. The number of anilines is 1. The number of nitrogens with one attached hydrogen (secondary N) is 2. The molecule has 1 aliphatic rings. The van der Waals surface area contributed by atoms with Gasteiger partial charge in [-0.1, -0.05) is 19.3 Å². The zero-order valence-corrected chi connectivity index (χ0v) is 19.0. The summed E-state index contributed by atoms with van der Waals surface area (Å²) in [4.78, 5) is 40.7. The van der Waals surface area contributed by atoms with Crippen LogP contribution in [0.15, 0.2) is 41.1 Å². The predicted molar refractivity (Wildman–Crippen MR) is 123 cm³/mol. The minimum absolute atomic E-state index is 0.0709. The lowest BCUT2D eigenvalue weighted by molar-refractivity contribution is -0.139. The minimum atomic E-state index is -0.927. The third kappa shape index (κ3) is 5.22. The number of carboxylic acids is 1. The first kappa shape index (κ1) is 23.3. The van der Waals surface area contributed by atoms with Gasteiger partial charge in [-0.3, -0.25) is 18.8 Å². The lowest BCUT2D eigenvalue weighted by Gasteiger charge is -2.30. The van der Waals surface area contributed by atoms with E-state index in [9.17, 15) is 19.5 Å². The van der Waals surface area contributed by atoms with E-state index in [2.05, 4.69) is 15.6 Å². The van der Waals surface area contributed by atoms with Gasteiger partial charge in [-0.2, -0.15) is 0 Å². The molecule has 1 fully saturated rings. The summed E-state index contributed by atoms with van der Waals surface area (Å²) in [6.45, 7) is -0.0709. The number of ether oxygens (including phenoxy) is 1. The molecule has 0 saturated heterocycles. The molecule has 0 spiro atoms. The van der Waals surface area contributed by atoms with Crippen molar-refractivity contribution in [2.24, 2.45) is 5.92 Å². The van der Waals surface area contributed by atoms with Crippen molar-refractivity contribution in [1.82, 2.24) is 14.7 Å². The third-order valence-electron chi connectivity index (χ3n) is 6.20. The van der Waals surface area contributed by atoms with E-state index in [1.165, 1.54) is 13.4 Å². The van der Waals surface area contributed by atoms with Crippen LogP contribution in [0.2, 0.25) is 0 Å². The second kappa shape index (κ2) is 10.4. The van der Waals surface area contributed by atoms with Gasteiger partial charge in [-0.05, 0) is 43.0 Å². The summed E-state index contributed by atoms with van der Waals surface area (Å²) < 4.78 is 11.9. The molecular weight excluding hydrogens is 440 g/mol. The predicted octanol–water partition coefficient (Wildman–Crippen LogP) is 3.33. The maximum atomic E-state index is 13.1. The molecule has 1 amide bonds. The van der Waals surface area contributed by atoms with E-state index in [1.54, 1.807) is 34.9 Å². The molecule has 1 atom stereocenters. The highest BCUT2D eigenvalue weighted by molar-refractivity contribution is 5.96. The van der Waals surface area contributed by atoms with E-state index >= 15 is 0 Å². The van der Waals surface area contributed by atoms with Gasteiger partial charge in [0.05, 0.1) is 19.8 Å². The lowest BCUT2D eigenvalue weighted by atomic mass is 9.82. The smallest absolute Gasteiger partial charge is 0.325 e. The number of carboxylic acid groups (broad SMARTS) is 1. The van der Waals surface area contributed by atoms with Crippen molar-refractivity contribution < 1.29 is 28.6 Å². The Morgan fingerprint density at radius 2 is 2.06 bits per heavy atom. The number of carbonyl (C=O) groups excluding carboxylic acids is 2. The number of fused-ring (bicyclic) bond motifs is 1. The molecule has 1 saturated carbocycles. The van der Waals surface area contributed by atoms with Gasteiger partial charge >= 0.3 is 11.9 Å². The number of hydrogen-bond donors (Lipinski definition) is 3. The standard InChI is InChI=1S/C24H28N4O6/c1-33-21(31)14-25-23-22(18-8-5-11-34-18)27-19-12-16(9-10-28(19)23)24(32)26-17(13-20(29)30)15-6-3-2-4-7-15/h5,8-12,15,17,25H,2-4,6-7,13-14H2,1H3,(H,26,32)(H,29,30). The van der Waals surface area contributed by atoms with Gasteiger partial charge in [0, 0.05) is 17.8 Å². The molecule has 10 heteroatoms. The van der Waals surface area contributed by atoms with Crippen LogP contribution in [0.25, 0.3) is 17.1 Å². The summed E-state index contributed by atoms with van der Waals surface area (Å²) in [5.74, 6) is -0.531. The van der Waals surface area contributed by atoms with Crippen LogP contribution in [0.4, 0.5) is 5.82 Å². The Hall–Kier alpha value is -3.82. The summed E-state index contributed by atoms with van der Waals surface area (Å²) in [5.41, 5.74) is 1.32. The number of nitrogens with zero attached hydrogens (tertiary/aromatic N) is 2. The monoisotopic (exact) mass is 468 g/mol. The van der Waals surface area contributed by atoms with Crippen molar-refractivity contribution in [2.45, 2.75) is 44.6 Å². The number of aromatic nitrogens is 2. The quantitative estimate of drug-likeness (QED) is 0.407.